The van der Waals surface area contributed by atoms with Crippen LogP contribution in [0.3, 0.4) is 0 Å². The lowest BCUT2D eigenvalue weighted by Crippen LogP contribution is -2.43. The van der Waals surface area contributed by atoms with Crippen LogP contribution in [-0.2, 0) is 11.3 Å². The SMILES string of the molecule is CC1(C)CC(=O)C(C(=S)Nc2ccccc2)C(=NCc2ccccc2)C1. The first-order chi connectivity index (χ1) is 12.4. The first-order valence-electron chi connectivity index (χ1n) is 8.90. The van der Waals surface area contributed by atoms with Crippen LogP contribution in [0.4, 0.5) is 5.69 Å². The fraction of sp³-hybridized carbons (Fsp3) is 0.318. The molecule has 2 aromatic carbocycles. The maximum Gasteiger partial charge on any atom is 0.148 e. The number of benzene rings is 2. The van der Waals surface area contributed by atoms with Crippen molar-refractivity contribution in [3.63, 3.8) is 0 Å². The van der Waals surface area contributed by atoms with E-state index < -0.39 is 5.92 Å². The van der Waals surface area contributed by atoms with Gasteiger partial charge in [-0.2, -0.15) is 0 Å². The van der Waals surface area contributed by atoms with Gasteiger partial charge in [-0.3, -0.25) is 9.79 Å². The van der Waals surface area contributed by atoms with Crippen molar-refractivity contribution in [1.82, 2.24) is 0 Å². The Labute approximate surface area is 160 Å². The van der Waals surface area contributed by atoms with Crippen LogP contribution < -0.4 is 5.32 Å². The molecule has 0 heterocycles. The van der Waals surface area contributed by atoms with Crippen LogP contribution >= 0.6 is 12.2 Å². The van der Waals surface area contributed by atoms with Crippen LogP contribution in [0.15, 0.2) is 65.7 Å². The Morgan fingerprint density at radius 3 is 2.35 bits per heavy atom. The van der Waals surface area contributed by atoms with Crippen molar-refractivity contribution in [2.24, 2.45) is 16.3 Å². The molecule has 1 fully saturated rings. The van der Waals surface area contributed by atoms with Crippen LogP contribution in [0.25, 0.3) is 0 Å². The predicted molar refractivity (Wildman–Crippen MR) is 112 cm³/mol. The number of rotatable bonds is 4. The molecule has 2 aromatic rings. The van der Waals surface area contributed by atoms with Crippen molar-refractivity contribution in [2.75, 3.05) is 5.32 Å². The summed E-state index contributed by atoms with van der Waals surface area (Å²) in [4.78, 5) is 18.2. The summed E-state index contributed by atoms with van der Waals surface area (Å²) in [6, 6.07) is 19.8. The van der Waals surface area contributed by atoms with Gasteiger partial charge in [-0.05, 0) is 29.5 Å². The third-order valence-corrected chi connectivity index (χ3v) is 4.92. The quantitative estimate of drug-likeness (QED) is 0.770. The van der Waals surface area contributed by atoms with Crippen molar-refractivity contribution in [3.05, 3.63) is 66.2 Å². The third-order valence-electron chi connectivity index (χ3n) is 4.58. The Morgan fingerprint density at radius 2 is 1.69 bits per heavy atom. The predicted octanol–water partition coefficient (Wildman–Crippen LogP) is 5.07. The largest absolute Gasteiger partial charge is 0.349 e. The van der Waals surface area contributed by atoms with Gasteiger partial charge >= 0.3 is 0 Å². The highest BCUT2D eigenvalue weighted by molar-refractivity contribution is 7.80. The monoisotopic (exact) mass is 364 g/mol. The van der Waals surface area contributed by atoms with E-state index in [0.717, 1.165) is 23.4 Å². The molecule has 26 heavy (non-hydrogen) atoms. The van der Waals surface area contributed by atoms with E-state index in [-0.39, 0.29) is 11.2 Å². The zero-order valence-electron chi connectivity index (χ0n) is 15.2. The molecule has 3 nitrogen and oxygen atoms in total. The van der Waals surface area contributed by atoms with Gasteiger partial charge in [-0.25, -0.2) is 0 Å². The molecule has 4 heteroatoms. The number of para-hydroxylation sites is 1. The van der Waals surface area contributed by atoms with Gasteiger partial charge in [0.2, 0.25) is 0 Å². The van der Waals surface area contributed by atoms with E-state index in [1.54, 1.807) is 0 Å². The van der Waals surface area contributed by atoms with Gasteiger partial charge in [-0.15, -0.1) is 0 Å². The number of thiocarbonyl (C=S) groups is 1. The number of anilines is 1. The molecule has 1 N–H and O–H groups in total. The summed E-state index contributed by atoms with van der Waals surface area (Å²) in [6.45, 7) is 4.81. The van der Waals surface area contributed by atoms with Gasteiger partial charge < -0.3 is 5.32 Å². The lowest BCUT2D eigenvalue weighted by atomic mass is 9.71. The molecule has 0 aliphatic heterocycles. The standard InChI is InChI=1S/C22H24N2OS/c1-22(2)13-18(23-15-16-9-5-3-6-10-16)20(19(25)14-22)21(26)24-17-11-7-4-8-12-17/h3-12,20H,13-15H2,1-2H3,(H,24,26). The number of Topliss-reactive ketones (excluding diaryl/α,β-unsaturated/α-hetero) is 1. The molecule has 0 spiro atoms. The second kappa shape index (κ2) is 7.92. The smallest absolute Gasteiger partial charge is 0.148 e. The van der Waals surface area contributed by atoms with Crippen molar-refractivity contribution in [3.8, 4) is 0 Å². The zero-order valence-corrected chi connectivity index (χ0v) is 16.1. The summed E-state index contributed by atoms with van der Waals surface area (Å²) in [5.74, 6) is -0.275. The van der Waals surface area contributed by atoms with Gasteiger partial charge in [0.1, 0.15) is 11.7 Å². The molecule has 134 valence electrons. The Hall–Kier alpha value is -2.33. The van der Waals surface area contributed by atoms with Gasteiger partial charge in [0.15, 0.2) is 0 Å². The molecule has 0 aromatic heterocycles. The van der Waals surface area contributed by atoms with Gasteiger partial charge in [-0.1, -0.05) is 74.6 Å². The summed E-state index contributed by atoms with van der Waals surface area (Å²) >= 11 is 5.60. The number of nitrogens with zero attached hydrogens (tertiary/aromatic N) is 1. The summed E-state index contributed by atoms with van der Waals surface area (Å²) in [5.41, 5.74) is 2.85. The van der Waals surface area contributed by atoms with Crippen LogP contribution in [0.1, 0.15) is 32.3 Å². The summed E-state index contributed by atoms with van der Waals surface area (Å²) in [7, 11) is 0. The van der Waals surface area contributed by atoms with Crippen LogP contribution in [0, 0.1) is 11.3 Å². The fourth-order valence-electron chi connectivity index (χ4n) is 3.37. The lowest BCUT2D eigenvalue weighted by molar-refractivity contribution is -0.122. The highest BCUT2D eigenvalue weighted by Gasteiger charge is 2.40. The number of nitrogens with one attached hydrogen (secondary N) is 1. The zero-order chi connectivity index (χ0) is 18.6. The van der Waals surface area contributed by atoms with E-state index in [1.165, 1.54) is 0 Å². The second-order valence-corrected chi connectivity index (χ2v) is 8.01. The molecular formula is C22H24N2OS. The van der Waals surface area contributed by atoms with E-state index in [0.29, 0.717) is 18.0 Å². The van der Waals surface area contributed by atoms with E-state index in [1.807, 2.05) is 48.5 Å². The summed E-state index contributed by atoms with van der Waals surface area (Å²) in [6.07, 6.45) is 1.31. The molecule has 0 saturated heterocycles. The first kappa shape index (κ1) is 18.5. The Morgan fingerprint density at radius 1 is 1.08 bits per heavy atom. The Balaban J connectivity index is 1.84. The minimum atomic E-state index is -0.429. The maximum atomic E-state index is 12.9. The molecule has 1 saturated carbocycles. The normalized spacial score (nSPS) is 20.8. The molecule has 3 rings (SSSR count). The highest BCUT2D eigenvalue weighted by Crippen LogP contribution is 2.35. The van der Waals surface area contributed by atoms with Crippen molar-refractivity contribution in [2.45, 2.75) is 33.2 Å². The summed E-state index contributed by atoms with van der Waals surface area (Å²) < 4.78 is 0. The number of hydrogen-bond donors (Lipinski definition) is 1. The van der Waals surface area contributed by atoms with E-state index in [4.69, 9.17) is 17.2 Å². The number of aliphatic imine (C=N–C) groups is 1. The fourth-order valence-corrected chi connectivity index (χ4v) is 3.76. The number of carbonyl (C=O) groups is 1. The minimum absolute atomic E-state index is 0.0779. The average molecular weight is 365 g/mol. The van der Waals surface area contributed by atoms with E-state index in [2.05, 4.69) is 31.3 Å². The number of hydrogen-bond acceptors (Lipinski definition) is 3. The molecule has 1 aliphatic carbocycles. The topological polar surface area (TPSA) is 41.5 Å². The Kier molecular flexibility index (Phi) is 5.62. The number of carbonyl (C=O) groups excluding carboxylic acids is 1. The van der Waals surface area contributed by atoms with Crippen LogP contribution in [0.2, 0.25) is 0 Å². The number of ketones is 1. The van der Waals surface area contributed by atoms with Crippen molar-refractivity contribution in [1.29, 1.82) is 0 Å². The van der Waals surface area contributed by atoms with Gasteiger partial charge in [0.05, 0.1) is 11.5 Å². The van der Waals surface area contributed by atoms with Crippen LogP contribution in [0.5, 0.6) is 0 Å². The van der Waals surface area contributed by atoms with Gasteiger partial charge in [0.25, 0.3) is 0 Å². The molecule has 1 unspecified atom stereocenters. The van der Waals surface area contributed by atoms with E-state index in [9.17, 15) is 4.79 Å². The van der Waals surface area contributed by atoms with E-state index >= 15 is 0 Å². The van der Waals surface area contributed by atoms with Crippen molar-refractivity contribution < 1.29 is 4.79 Å². The van der Waals surface area contributed by atoms with Crippen molar-refractivity contribution >= 4 is 34.4 Å². The molecule has 0 radical (unpaired) electrons. The molecular weight excluding hydrogens is 340 g/mol. The maximum absolute atomic E-state index is 12.9. The molecule has 1 aliphatic rings. The second-order valence-electron chi connectivity index (χ2n) is 7.57. The lowest BCUT2D eigenvalue weighted by Gasteiger charge is -2.35. The molecule has 0 bridgehead atoms. The first-order valence-corrected chi connectivity index (χ1v) is 9.31. The highest BCUT2D eigenvalue weighted by atomic mass is 32.1. The minimum Gasteiger partial charge on any atom is -0.349 e. The Bertz CT molecular complexity index is 813. The third kappa shape index (κ3) is 4.64. The summed E-state index contributed by atoms with van der Waals surface area (Å²) in [5, 5.41) is 3.23. The molecule has 0 amide bonds. The molecule has 1 atom stereocenters. The van der Waals surface area contributed by atoms with Gasteiger partial charge in [0, 0.05) is 17.8 Å². The average Bonchev–Trinajstić information content (AvgIpc) is 2.60. The van der Waals surface area contributed by atoms with Crippen LogP contribution in [-0.4, -0.2) is 16.5 Å².